The molecule has 2 unspecified atom stereocenters. The average Bonchev–Trinajstić information content (AvgIpc) is 2.89. The number of likely N-dealkylation sites (tertiary alicyclic amines) is 1. The van der Waals surface area contributed by atoms with Gasteiger partial charge in [-0.1, -0.05) is 20.8 Å². The van der Waals surface area contributed by atoms with Crippen LogP contribution in [0.15, 0.2) is 0 Å². The zero-order valence-corrected chi connectivity index (χ0v) is 14.4. The Labute approximate surface area is 130 Å². The molecule has 5 nitrogen and oxygen atoms in total. The molecule has 0 aromatic rings. The van der Waals surface area contributed by atoms with Crippen LogP contribution in [0.4, 0.5) is 0 Å². The summed E-state index contributed by atoms with van der Waals surface area (Å²) in [5, 5.41) is 3.29. The third-order valence-electron chi connectivity index (χ3n) is 4.25. The molecule has 0 bridgehead atoms. The molecule has 1 fully saturated rings. The average molecular weight is 299 g/mol. The van der Waals surface area contributed by atoms with Crippen LogP contribution >= 0.6 is 0 Å². The Hall–Kier alpha value is -0.650. The van der Waals surface area contributed by atoms with E-state index in [1.165, 1.54) is 26.5 Å². The zero-order chi connectivity index (χ0) is 15.8. The highest BCUT2D eigenvalue weighted by Crippen LogP contribution is 2.17. The quantitative estimate of drug-likeness (QED) is 0.651. The number of rotatable bonds is 9. The number of hydrogen-bond acceptors (Lipinski definition) is 5. The van der Waals surface area contributed by atoms with E-state index in [0.29, 0.717) is 6.04 Å². The van der Waals surface area contributed by atoms with Crippen molar-refractivity contribution in [3.8, 4) is 0 Å². The number of methoxy groups -OCH3 is 1. The maximum atomic E-state index is 11.8. The highest BCUT2D eigenvalue weighted by Gasteiger charge is 2.25. The summed E-state index contributed by atoms with van der Waals surface area (Å²) in [6.07, 6.45) is 3.40. The molecule has 21 heavy (non-hydrogen) atoms. The number of carbonyl (C=O) groups excluding carboxylic acids is 1. The van der Waals surface area contributed by atoms with Crippen LogP contribution in [0.2, 0.25) is 0 Å². The van der Waals surface area contributed by atoms with Gasteiger partial charge in [-0.05, 0) is 45.9 Å². The summed E-state index contributed by atoms with van der Waals surface area (Å²) in [5.74, 6) is -0.159. The van der Waals surface area contributed by atoms with E-state index in [4.69, 9.17) is 4.74 Å². The summed E-state index contributed by atoms with van der Waals surface area (Å²) in [5.41, 5.74) is 0. The Bertz CT molecular complexity index is 310. The molecule has 1 heterocycles. The molecular weight excluding hydrogens is 266 g/mol. The molecule has 1 N–H and O–H groups in total. The first-order chi connectivity index (χ1) is 9.97. The predicted molar refractivity (Wildman–Crippen MR) is 86.5 cm³/mol. The SMILES string of the molecule is CCN1CCCC1CN(C)CCC(NC(C)C)C(=O)OC. The summed E-state index contributed by atoms with van der Waals surface area (Å²) in [4.78, 5) is 16.7. The van der Waals surface area contributed by atoms with Gasteiger partial charge in [-0.3, -0.25) is 9.69 Å². The molecule has 0 aliphatic carbocycles. The Kier molecular flexibility index (Phi) is 8.22. The summed E-state index contributed by atoms with van der Waals surface area (Å²) in [7, 11) is 3.61. The van der Waals surface area contributed by atoms with E-state index in [1.54, 1.807) is 0 Å². The molecule has 0 aromatic heterocycles. The lowest BCUT2D eigenvalue weighted by atomic mass is 10.1. The second-order valence-electron chi connectivity index (χ2n) is 6.37. The van der Waals surface area contributed by atoms with Crippen molar-refractivity contribution < 1.29 is 9.53 Å². The lowest BCUT2D eigenvalue weighted by Crippen LogP contribution is -2.45. The smallest absolute Gasteiger partial charge is 0.322 e. The number of nitrogens with one attached hydrogen (secondary N) is 1. The molecule has 1 aliphatic heterocycles. The molecule has 0 amide bonds. The van der Waals surface area contributed by atoms with Crippen LogP contribution in [-0.2, 0) is 9.53 Å². The number of hydrogen-bond donors (Lipinski definition) is 1. The standard InChI is InChI=1S/C16H33N3O2/c1-6-19-10-7-8-14(19)12-18(4)11-9-15(16(20)21-5)17-13(2)3/h13-15,17H,6-12H2,1-5H3. The molecule has 2 atom stereocenters. The van der Waals surface area contributed by atoms with E-state index in [1.807, 2.05) is 0 Å². The van der Waals surface area contributed by atoms with Crippen molar-refractivity contribution in [1.82, 2.24) is 15.1 Å². The van der Waals surface area contributed by atoms with Crippen molar-refractivity contribution in [2.75, 3.05) is 40.3 Å². The van der Waals surface area contributed by atoms with Crippen molar-refractivity contribution in [1.29, 1.82) is 0 Å². The van der Waals surface area contributed by atoms with Gasteiger partial charge in [0.15, 0.2) is 0 Å². The van der Waals surface area contributed by atoms with E-state index in [9.17, 15) is 4.79 Å². The lowest BCUT2D eigenvalue weighted by Gasteiger charge is -2.28. The molecule has 0 spiro atoms. The van der Waals surface area contributed by atoms with Crippen molar-refractivity contribution in [3.63, 3.8) is 0 Å². The van der Waals surface area contributed by atoms with Crippen LogP contribution in [-0.4, -0.2) is 74.2 Å². The first kappa shape index (κ1) is 18.4. The topological polar surface area (TPSA) is 44.8 Å². The van der Waals surface area contributed by atoms with Gasteiger partial charge in [0.25, 0.3) is 0 Å². The van der Waals surface area contributed by atoms with Gasteiger partial charge in [0.05, 0.1) is 7.11 Å². The van der Waals surface area contributed by atoms with Gasteiger partial charge in [-0.25, -0.2) is 0 Å². The van der Waals surface area contributed by atoms with Crippen molar-refractivity contribution in [2.24, 2.45) is 0 Å². The Morgan fingerprint density at radius 1 is 1.48 bits per heavy atom. The molecule has 0 radical (unpaired) electrons. The normalized spacial score (nSPS) is 21.2. The summed E-state index contributed by atoms with van der Waals surface area (Å²) in [6, 6.07) is 0.753. The Morgan fingerprint density at radius 2 is 2.19 bits per heavy atom. The molecule has 5 heteroatoms. The van der Waals surface area contributed by atoms with E-state index in [-0.39, 0.29) is 18.1 Å². The third-order valence-corrected chi connectivity index (χ3v) is 4.25. The van der Waals surface area contributed by atoms with Gasteiger partial charge in [-0.2, -0.15) is 0 Å². The molecule has 1 aliphatic rings. The second-order valence-corrected chi connectivity index (χ2v) is 6.37. The summed E-state index contributed by atoms with van der Waals surface area (Å²) >= 11 is 0. The van der Waals surface area contributed by atoms with Gasteiger partial charge in [-0.15, -0.1) is 0 Å². The molecule has 124 valence electrons. The number of carbonyl (C=O) groups is 1. The van der Waals surface area contributed by atoms with Gasteiger partial charge < -0.3 is 15.0 Å². The van der Waals surface area contributed by atoms with Crippen LogP contribution in [0.3, 0.4) is 0 Å². The molecule has 1 saturated heterocycles. The van der Waals surface area contributed by atoms with Crippen LogP contribution in [0, 0.1) is 0 Å². The highest BCUT2D eigenvalue weighted by atomic mass is 16.5. The molecule has 0 saturated carbocycles. The van der Waals surface area contributed by atoms with Crippen LogP contribution in [0.5, 0.6) is 0 Å². The number of likely N-dealkylation sites (N-methyl/N-ethyl adjacent to an activating group) is 2. The summed E-state index contributed by atoms with van der Waals surface area (Å²) in [6.45, 7) is 10.7. The second kappa shape index (κ2) is 9.38. The first-order valence-corrected chi connectivity index (χ1v) is 8.24. The van der Waals surface area contributed by atoms with Crippen molar-refractivity contribution >= 4 is 5.97 Å². The highest BCUT2D eigenvalue weighted by molar-refractivity contribution is 5.75. The van der Waals surface area contributed by atoms with E-state index in [0.717, 1.165) is 26.1 Å². The van der Waals surface area contributed by atoms with E-state index >= 15 is 0 Å². The van der Waals surface area contributed by atoms with Gasteiger partial charge >= 0.3 is 5.97 Å². The van der Waals surface area contributed by atoms with Crippen molar-refractivity contribution in [3.05, 3.63) is 0 Å². The van der Waals surface area contributed by atoms with Crippen LogP contribution in [0.1, 0.15) is 40.0 Å². The van der Waals surface area contributed by atoms with Crippen LogP contribution in [0.25, 0.3) is 0 Å². The summed E-state index contributed by atoms with van der Waals surface area (Å²) < 4.78 is 4.89. The van der Waals surface area contributed by atoms with E-state index < -0.39 is 0 Å². The monoisotopic (exact) mass is 299 g/mol. The number of ether oxygens (including phenoxy) is 1. The minimum atomic E-state index is -0.205. The Balaban J connectivity index is 2.38. The number of esters is 1. The van der Waals surface area contributed by atoms with E-state index in [2.05, 4.69) is 42.9 Å². The maximum absolute atomic E-state index is 11.8. The predicted octanol–water partition coefficient (Wildman–Crippen LogP) is 1.33. The van der Waals surface area contributed by atoms with Gasteiger partial charge in [0.1, 0.15) is 6.04 Å². The fraction of sp³-hybridized carbons (Fsp3) is 0.938. The molecular formula is C16H33N3O2. The van der Waals surface area contributed by atoms with Crippen LogP contribution < -0.4 is 5.32 Å². The minimum Gasteiger partial charge on any atom is -0.468 e. The van der Waals surface area contributed by atoms with Gasteiger partial charge in [0.2, 0.25) is 0 Å². The third kappa shape index (κ3) is 6.32. The molecule has 0 aromatic carbocycles. The maximum Gasteiger partial charge on any atom is 0.322 e. The van der Waals surface area contributed by atoms with Gasteiger partial charge in [0, 0.05) is 18.6 Å². The molecule has 1 rings (SSSR count). The fourth-order valence-electron chi connectivity index (χ4n) is 3.13. The zero-order valence-electron chi connectivity index (χ0n) is 14.4. The largest absolute Gasteiger partial charge is 0.468 e. The first-order valence-electron chi connectivity index (χ1n) is 8.24. The number of nitrogens with zero attached hydrogens (tertiary/aromatic N) is 2. The Morgan fingerprint density at radius 3 is 2.76 bits per heavy atom. The van der Waals surface area contributed by atoms with Crippen molar-refractivity contribution in [2.45, 2.75) is 58.2 Å². The fourth-order valence-corrected chi connectivity index (χ4v) is 3.13. The minimum absolute atomic E-state index is 0.159. The lowest BCUT2D eigenvalue weighted by molar-refractivity contribution is -0.143.